The summed E-state index contributed by atoms with van der Waals surface area (Å²) >= 11 is 0. The number of hydrogen-bond acceptors (Lipinski definition) is 5. The van der Waals surface area contributed by atoms with E-state index in [1.54, 1.807) is 13.8 Å². The molecule has 6 N–H and O–H groups in total. The average molecular weight is 225 g/mol. The monoisotopic (exact) mass is 225 g/mol. The summed E-state index contributed by atoms with van der Waals surface area (Å²) in [5.74, 6) is 8.80. The van der Waals surface area contributed by atoms with Crippen LogP contribution in [-0.2, 0) is 9.59 Å². The first-order chi connectivity index (χ1) is 7.51. The highest BCUT2D eigenvalue weighted by Gasteiger charge is 2.29. The Balaban J connectivity index is 3.01. The highest BCUT2D eigenvalue weighted by molar-refractivity contribution is 6.07. The third-order valence-corrected chi connectivity index (χ3v) is 2.56. The third kappa shape index (κ3) is 2.26. The molecular weight excluding hydrogens is 210 g/mol. The normalized spacial score (nSPS) is 20.2. The Bertz CT molecular complexity index is 385. The summed E-state index contributed by atoms with van der Waals surface area (Å²) in [6.07, 6.45) is 0.257. The fraction of sp³-hybridized carbons (Fsp3) is 0.444. The first kappa shape index (κ1) is 12.3. The minimum atomic E-state index is -0.513. The van der Waals surface area contributed by atoms with Gasteiger partial charge in [0.05, 0.1) is 5.92 Å². The number of allylic oxidation sites excluding steroid dienone is 1. The molecular formula is C9H15N5O2. The van der Waals surface area contributed by atoms with Crippen molar-refractivity contribution in [1.82, 2.24) is 10.9 Å². The van der Waals surface area contributed by atoms with E-state index in [0.717, 1.165) is 0 Å². The van der Waals surface area contributed by atoms with Crippen LogP contribution in [0.15, 0.2) is 16.3 Å². The van der Waals surface area contributed by atoms with Gasteiger partial charge in [0.25, 0.3) is 5.91 Å². The molecule has 7 nitrogen and oxygen atoms in total. The van der Waals surface area contributed by atoms with E-state index in [1.807, 2.05) is 5.43 Å². The molecule has 0 saturated heterocycles. The zero-order chi connectivity index (χ0) is 12.3. The number of nitrogens with zero attached hydrogens (tertiary/aromatic N) is 1. The smallest absolute Gasteiger partial charge is 0.262 e. The Morgan fingerprint density at radius 3 is 2.44 bits per heavy atom. The van der Waals surface area contributed by atoms with E-state index in [2.05, 4.69) is 10.4 Å². The van der Waals surface area contributed by atoms with E-state index >= 15 is 0 Å². The first-order valence-corrected chi connectivity index (χ1v) is 4.77. The van der Waals surface area contributed by atoms with Gasteiger partial charge in [-0.3, -0.25) is 25.4 Å². The quantitative estimate of drug-likeness (QED) is 0.265. The van der Waals surface area contributed by atoms with E-state index in [0.29, 0.717) is 17.0 Å². The van der Waals surface area contributed by atoms with Crippen LogP contribution >= 0.6 is 0 Å². The van der Waals surface area contributed by atoms with Gasteiger partial charge in [-0.1, -0.05) is 0 Å². The number of aliphatic imine (C=N–C) groups is 1. The summed E-state index contributed by atoms with van der Waals surface area (Å²) in [5, 5.41) is 0. The van der Waals surface area contributed by atoms with Gasteiger partial charge in [0.1, 0.15) is 0 Å². The Morgan fingerprint density at radius 1 is 1.31 bits per heavy atom. The van der Waals surface area contributed by atoms with Gasteiger partial charge < -0.3 is 0 Å². The fourth-order valence-electron chi connectivity index (χ4n) is 1.64. The molecule has 1 heterocycles. The molecule has 1 atom stereocenters. The minimum absolute atomic E-state index is 0.257. The Morgan fingerprint density at radius 2 is 1.94 bits per heavy atom. The van der Waals surface area contributed by atoms with Crippen molar-refractivity contribution in [3.05, 3.63) is 11.3 Å². The maximum atomic E-state index is 11.4. The van der Waals surface area contributed by atoms with Crippen LogP contribution in [0.5, 0.6) is 0 Å². The molecule has 1 unspecified atom stereocenters. The van der Waals surface area contributed by atoms with Crippen LogP contribution in [0.25, 0.3) is 0 Å². The van der Waals surface area contributed by atoms with E-state index in [9.17, 15) is 9.59 Å². The zero-order valence-electron chi connectivity index (χ0n) is 9.20. The second-order valence-electron chi connectivity index (χ2n) is 3.56. The number of rotatable bonds is 2. The molecule has 88 valence electrons. The lowest BCUT2D eigenvalue weighted by Gasteiger charge is -2.21. The van der Waals surface area contributed by atoms with Crippen molar-refractivity contribution in [2.24, 2.45) is 22.6 Å². The molecule has 0 saturated carbocycles. The molecule has 0 bridgehead atoms. The summed E-state index contributed by atoms with van der Waals surface area (Å²) in [5.41, 5.74) is 5.69. The zero-order valence-corrected chi connectivity index (χ0v) is 9.20. The minimum Gasteiger partial charge on any atom is -0.294 e. The Labute approximate surface area is 92.9 Å². The fourth-order valence-corrected chi connectivity index (χ4v) is 1.64. The summed E-state index contributed by atoms with van der Waals surface area (Å²) in [4.78, 5) is 27.0. The number of hydrazine groups is 2. The highest BCUT2D eigenvalue weighted by Crippen LogP contribution is 2.24. The number of amides is 2. The number of carbonyl (C=O) groups excluding carboxylic acids is 2. The molecule has 1 rings (SSSR count). The lowest BCUT2D eigenvalue weighted by atomic mass is 9.90. The molecule has 1 aliphatic heterocycles. The topological polar surface area (TPSA) is 123 Å². The molecule has 0 aromatic rings. The van der Waals surface area contributed by atoms with Crippen LogP contribution in [-0.4, -0.2) is 17.5 Å². The molecule has 0 aliphatic carbocycles. The van der Waals surface area contributed by atoms with Crippen molar-refractivity contribution in [2.45, 2.75) is 20.3 Å². The molecule has 7 heteroatoms. The van der Waals surface area contributed by atoms with Crippen molar-refractivity contribution in [3.8, 4) is 0 Å². The molecule has 16 heavy (non-hydrogen) atoms. The van der Waals surface area contributed by atoms with Gasteiger partial charge in [0.2, 0.25) is 5.91 Å². The van der Waals surface area contributed by atoms with Gasteiger partial charge in [-0.15, -0.1) is 0 Å². The largest absolute Gasteiger partial charge is 0.294 e. The van der Waals surface area contributed by atoms with Gasteiger partial charge in [-0.2, -0.15) is 0 Å². The summed E-state index contributed by atoms with van der Waals surface area (Å²) in [7, 11) is 0. The SMILES string of the molecule is CC1=NC(C)=C(C(=O)NN)CC1C(=O)NN. The Kier molecular flexibility index (Phi) is 3.75. The van der Waals surface area contributed by atoms with Crippen LogP contribution in [0.3, 0.4) is 0 Å². The van der Waals surface area contributed by atoms with Gasteiger partial charge in [-0.25, -0.2) is 11.7 Å². The van der Waals surface area contributed by atoms with Crippen molar-refractivity contribution in [1.29, 1.82) is 0 Å². The molecule has 0 radical (unpaired) electrons. The summed E-state index contributed by atoms with van der Waals surface area (Å²) < 4.78 is 0. The van der Waals surface area contributed by atoms with Gasteiger partial charge in [0, 0.05) is 17.0 Å². The third-order valence-electron chi connectivity index (χ3n) is 2.56. The first-order valence-electron chi connectivity index (χ1n) is 4.77. The number of carbonyl (C=O) groups is 2. The van der Waals surface area contributed by atoms with Crippen molar-refractivity contribution >= 4 is 17.5 Å². The van der Waals surface area contributed by atoms with Crippen LogP contribution in [0.2, 0.25) is 0 Å². The summed E-state index contributed by atoms with van der Waals surface area (Å²) in [6.45, 7) is 3.42. The predicted molar refractivity (Wildman–Crippen MR) is 58.6 cm³/mol. The maximum absolute atomic E-state index is 11.4. The van der Waals surface area contributed by atoms with Crippen molar-refractivity contribution in [2.75, 3.05) is 0 Å². The molecule has 0 spiro atoms. The number of hydrogen-bond donors (Lipinski definition) is 4. The van der Waals surface area contributed by atoms with Crippen LogP contribution < -0.4 is 22.5 Å². The standard InChI is InChI=1S/C9H15N5O2/c1-4-6(8(15)13-10)3-7(5(2)12-4)9(16)14-11/h6H,3,10-11H2,1-2H3,(H,13,15)(H,14,16). The number of nitrogens with two attached hydrogens (primary N) is 2. The van der Waals surface area contributed by atoms with Crippen LogP contribution in [0, 0.1) is 5.92 Å². The van der Waals surface area contributed by atoms with Gasteiger partial charge in [-0.05, 0) is 20.3 Å². The maximum Gasteiger partial charge on any atom is 0.262 e. The molecule has 0 fully saturated rings. The second kappa shape index (κ2) is 4.86. The Hall–Kier alpha value is -1.73. The summed E-state index contributed by atoms with van der Waals surface area (Å²) in [6, 6.07) is 0. The van der Waals surface area contributed by atoms with E-state index in [1.165, 1.54) is 0 Å². The lowest BCUT2D eigenvalue weighted by molar-refractivity contribution is -0.123. The second-order valence-corrected chi connectivity index (χ2v) is 3.56. The van der Waals surface area contributed by atoms with E-state index in [4.69, 9.17) is 11.7 Å². The molecule has 1 aliphatic rings. The molecule has 2 amide bonds. The lowest BCUT2D eigenvalue weighted by Crippen LogP contribution is -2.42. The molecule has 0 aromatic heterocycles. The average Bonchev–Trinajstić information content (AvgIpc) is 2.27. The van der Waals surface area contributed by atoms with Crippen LogP contribution in [0.4, 0.5) is 0 Å². The predicted octanol–water partition coefficient (Wildman–Crippen LogP) is -1.28. The van der Waals surface area contributed by atoms with E-state index < -0.39 is 11.8 Å². The van der Waals surface area contributed by atoms with Gasteiger partial charge in [0.15, 0.2) is 0 Å². The molecule has 0 aromatic carbocycles. The van der Waals surface area contributed by atoms with Crippen molar-refractivity contribution < 1.29 is 9.59 Å². The van der Waals surface area contributed by atoms with Crippen molar-refractivity contribution in [3.63, 3.8) is 0 Å². The highest BCUT2D eigenvalue weighted by atomic mass is 16.2. The number of nitrogens with one attached hydrogen (secondary N) is 2. The van der Waals surface area contributed by atoms with Crippen LogP contribution in [0.1, 0.15) is 20.3 Å². The van der Waals surface area contributed by atoms with E-state index in [-0.39, 0.29) is 12.3 Å². The van der Waals surface area contributed by atoms with Gasteiger partial charge >= 0.3 is 0 Å².